The third-order valence-corrected chi connectivity index (χ3v) is 4.83. The van der Waals surface area contributed by atoms with E-state index < -0.39 is 0 Å². The summed E-state index contributed by atoms with van der Waals surface area (Å²) in [6.45, 7) is 7.25. The summed E-state index contributed by atoms with van der Waals surface area (Å²) in [6.07, 6.45) is 6.48. The van der Waals surface area contributed by atoms with E-state index in [2.05, 4.69) is 70.4 Å². The fourth-order valence-corrected chi connectivity index (χ4v) is 3.27. The van der Waals surface area contributed by atoms with Crippen molar-refractivity contribution in [1.82, 2.24) is 20.2 Å². The Morgan fingerprint density at radius 3 is 2.55 bits per heavy atom. The second kappa shape index (κ2) is 13.0. The number of aryl methyl sites for hydroxylation is 1. The number of imidazole rings is 1. The summed E-state index contributed by atoms with van der Waals surface area (Å²) >= 11 is 0. The predicted octanol–water partition coefficient (Wildman–Crippen LogP) is 4.16. The summed E-state index contributed by atoms with van der Waals surface area (Å²) in [5.74, 6) is 1.76. The molecule has 0 aliphatic rings. The van der Waals surface area contributed by atoms with Gasteiger partial charge in [-0.05, 0) is 43.0 Å². The molecule has 0 bridgehead atoms. The zero-order valence-electron chi connectivity index (χ0n) is 18.5. The maximum absolute atomic E-state index is 5.47. The molecule has 0 atom stereocenters. The number of guanidine groups is 1. The fourth-order valence-electron chi connectivity index (χ4n) is 3.27. The van der Waals surface area contributed by atoms with E-state index >= 15 is 0 Å². The number of nitrogens with one attached hydrogen (secondary N) is 2. The molecule has 0 radical (unpaired) electrons. The average Bonchev–Trinajstić information content (AvgIpc) is 3.26. The molecular weight excluding hydrogens is 501 g/mol. The maximum atomic E-state index is 5.47. The van der Waals surface area contributed by atoms with Gasteiger partial charge in [0.25, 0.3) is 0 Å². The number of rotatable bonds is 9. The van der Waals surface area contributed by atoms with Gasteiger partial charge in [0.15, 0.2) is 5.96 Å². The molecule has 0 amide bonds. The Hall–Kier alpha value is -2.55. The van der Waals surface area contributed by atoms with Crippen LogP contribution in [0.5, 0.6) is 5.75 Å². The average molecular weight is 533 g/mol. The quantitative estimate of drug-likeness (QED) is 0.246. The van der Waals surface area contributed by atoms with Gasteiger partial charge in [-0.15, -0.1) is 24.0 Å². The standard InChI is InChI=1S/C24H31N5O.HI/c1-4-26-24(27-12-11-22-15-19(2)5-10-23(22)30-3)28-16-20-6-8-21(9-7-20)17-29-14-13-25-18-29;/h5-10,13-15,18H,4,11-12,16-17H2,1-3H3,(H2,26,27,28);1H. The first kappa shape index (κ1) is 24.7. The highest BCUT2D eigenvalue weighted by Gasteiger charge is 2.04. The van der Waals surface area contributed by atoms with Crippen LogP contribution in [-0.4, -0.2) is 35.7 Å². The van der Waals surface area contributed by atoms with E-state index in [4.69, 9.17) is 9.73 Å². The van der Waals surface area contributed by atoms with Crippen molar-refractivity contribution in [2.24, 2.45) is 4.99 Å². The third-order valence-electron chi connectivity index (χ3n) is 4.83. The molecule has 3 rings (SSSR count). The molecule has 0 aliphatic heterocycles. The van der Waals surface area contributed by atoms with E-state index in [1.54, 1.807) is 13.3 Å². The van der Waals surface area contributed by atoms with Gasteiger partial charge in [0.1, 0.15) is 5.75 Å². The number of nitrogens with zero attached hydrogens (tertiary/aromatic N) is 3. The Bertz CT molecular complexity index is 939. The lowest BCUT2D eigenvalue weighted by molar-refractivity contribution is 0.409. The molecule has 0 fully saturated rings. The second-order valence-electron chi connectivity index (χ2n) is 7.24. The summed E-state index contributed by atoms with van der Waals surface area (Å²) in [6, 6.07) is 14.8. The van der Waals surface area contributed by atoms with Crippen molar-refractivity contribution in [3.63, 3.8) is 0 Å². The molecule has 2 aromatic carbocycles. The zero-order chi connectivity index (χ0) is 21.2. The molecule has 2 N–H and O–H groups in total. The van der Waals surface area contributed by atoms with Gasteiger partial charge in [0.2, 0.25) is 0 Å². The van der Waals surface area contributed by atoms with Crippen LogP contribution in [0.2, 0.25) is 0 Å². The van der Waals surface area contributed by atoms with Crippen LogP contribution in [0.25, 0.3) is 0 Å². The molecule has 1 aromatic heterocycles. The van der Waals surface area contributed by atoms with Crippen LogP contribution in [0, 0.1) is 6.92 Å². The van der Waals surface area contributed by atoms with Crippen molar-refractivity contribution in [2.45, 2.75) is 33.4 Å². The van der Waals surface area contributed by atoms with Crippen molar-refractivity contribution in [3.05, 3.63) is 83.4 Å². The summed E-state index contributed by atoms with van der Waals surface area (Å²) in [7, 11) is 1.72. The van der Waals surface area contributed by atoms with Gasteiger partial charge in [-0.1, -0.05) is 42.0 Å². The molecule has 0 unspecified atom stereocenters. The maximum Gasteiger partial charge on any atom is 0.191 e. The van der Waals surface area contributed by atoms with Crippen molar-refractivity contribution >= 4 is 29.9 Å². The Morgan fingerprint density at radius 1 is 1.10 bits per heavy atom. The summed E-state index contributed by atoms with van der Waals surface area (Å²) in [4.78, 5) is 8.81. The topological polar surface area (TPSA) is 63.5 Å². The minimum absolute atomic E-state index is 0. The molecule has 6 nitrogen and oxygen atoms in total. The third kappa shape index (κ3) is 7.90. The van der Waals surface area contributed by atoms with E-state index in [9.17, 15) is 0 Å². The Labute approximate surface area is 202 Å². The molecule has 166 valence electrons. The zero-order valence-corrected chi connectivity index (χ0v) is 20.8. The molecular formula is C24H32IN5O. The number of halogens is 1. The molecule has 7 heteroatoms. The van der Waals surface area contributed by atoms with E-state index in [0.717, 1.165) is 37.8 Å². The van der Waals surface area contributed by atoms with Gasteiger partial charge >= 0.3 is 0 Å². The summed E-state index contributed by atoms with van der Waals surface area (Å²) < 4.78 is 7.53. The van der Waals surface area contributed by atoms with Crippen molar-refractivity contribution in [2.75, 3.05) is 20.2 Å². The number of benzene rings is 2. The summed E-state index contributed by atoms with van der Waals surface area (Å²) in [5.41, 5.74) is 4.87. The highest BCUT2D eigenvalue weighted by Crippen LogP contribution is 2.19. The van der Waals surface area contributed by atoms with Crippen LogP contribution in [0.15, 0.2) is 66.2 Å². The van der Waals surface area contributed by atoms with E-state index in [1.165, 1.54) is 22.3 Å². The minimum Gasteiger partial charge on any atom is -0.496 e. The van der Waals surface area contributed by atoms with Gasteiger partial charge in [0, 0.05) is 32.0 Å². The largest absolute Gasteiger partial charge is 0.496 e. The number of aliphatic imine (C=N–C) groups is 1. The first-order valence-corrected chi connectivity index (χ1v) is 10.4. The van der Waals surface area contributed by atoms with Crippen LogP contribution in [0.3, 0.4) is 0 Å². The summed E-state index contributed by atoms with van der Waals surface area (Å²) in [5, 5.41) is 6.74. The van der Waals surface area contributed by atoms with Crippen molar-refractivity contribution in [3.8, 4) is 5.75 Å². The predicted molar refractivity (Wildman–Crippen MR) is 137 cm³/mol. The minimum atomic E-state index is 0. The highest BCUT2D eigenvalue weighted by molar-refractivity contribution is 14.0. The molecule has 0 saturated heterocycles. The van der Waals surface area contributed by atoms with E-state index in [0.29, 0.717) is 6.54 Å². The second-order valence-corrected chi connectivity index (χ2v) is 7.24. The van der Waals surface area contributed by atoms with Crippen LogP contribution in [0.4, 0.5) is 0 Å². The Kier molecular flexibility index (Phi) is 10.4. The van der Waals surface area contributed by atoms with Crippen molar-refractivity contribution < 1.29 is 4.74 Å². The SMILES string of the molecule is CCNC(=NCc1ccc(Cn2ccnc2)cc1)NCCc1cc(C)ccc1OC.I. The van der Waals surface area contributed by atoms with Crippen molar-refractivity contribution in [1.29, 1.82) is 0 Å². The number of hydrogen-bond donors (Lipinski definition) is 2. The molecule has 3 aromatic rings. The number of ether oxygens (including phenoxy) is 1. The Morgan fingerprint density at radius 2 is 1.87 bits per heavy atom. The van der Waals surface area contributed by atoms with Gasteiger partial charge < -0.3 is 19.9 Å². The van der Waals surface area contributed by atoms with E-state index in [-0.39, 0.29) is 24.0 Å². The first-order valence-electron chi connectivity index (χ1n) is 10.4. The van der Waals surface area contributed by atoms with Gasteiger partial charge in [-0.2, -0.15) is 0 Å². The monoisotopic (exact) mass is 533 g/mol. The van der Waals surface area contributed by atoms with Gasteiger partial charge in [-0.3, -0.25) is 0 Å². The highest BCUT2D eigenvalue weighted by atomic mass is 127. The van der Waals surface area contributed by atoms with Crippen LogP contribution >= 0.6 is 24.0 Å². The lowest BCUT2D eigenvalue weighted by Crippen LogP contribution is -2.38. The lowest BCUT2D eigenvalue weighted by Gasteiger charge is -2.13. The molecule has 0 saturated carbocycles. The van der Waals surface area contributed by atoms with Crippen LogP contribution in [0.1, 0.15) is 29.2 Å². The molecule has 31 heavy (non-hydrogen) atoms. The molecule has 0 aliphatic carbocycles. The van der Waals surface area contributed by atoms with Gasteiger partial charge in [0.05, 0.1) is 20.0 Å². The van der Waals surface area contributed by atoms with Gasteiger partial charge in [-0.25, -0.2) is 9.98 Å². The number of hydrogen-bond acceptors (Lipinski definition) is 3. The normalized spacial score (nSPS) is 11.0. The molecule has 1 heterocycles. The van der Waals surface area contributed by atoms with Crippen LogP contribution in [-0.2, 0) is 19.5 Å². The smallest absolute Gasteiger partial charge is 0.191 e. The number of aromatic nitrogens is 2. The molecule has 0 spiro atoms. The number of methoxy groups -OCH3 is 1. The van der Waals surface area contributed by atoms with Crippen LogP contribution < -0.4 is 15.4 Å². The van der Waals surface area contributed by atoms with E-state index in [1.807, 2.05) is 18.6 Å². The lowest BCUT2D eigenvalue weighted by atomic mass is 10.1. The first-order chi connectivity index (χ1) is 14.7. The Balaban J connectivity index is 0.00000341. The fraction of sp³-hybridized carbons (Fsp3) is 0.333.